The van der Waals surface area contributed by atoms with Gasteiger partial charge in [-0.25, -0.2) is 9.97 Å². The van der Waals surface area contributed by atoms with Crippen LogP contribution in [0.15, 0.2) is 12.4 Å². The minimum atomic E-state index is 0.249. The van der Waals surface area contributed by atoms with Crippen LogP contribution in [0.1, 0.15) is 26.2 Å². The molecule has 0 radical (unpaired) electrons. The molecule has 1 unspecified atom stereocenters. The number of ether oxygens (including phenoxy) is 1. The molecule has 5 heteroatoms. The molecular weight excluding hydrogens is 216 g/mol. The minimum absolute atomic E-state index is 0.249. The van der Waals surface area contributed by atoms with E-state index in [1.54, 1.807) is 6.33 Å². The highest BCUT2D eigenvalue weighted by molar-refractivity contribution is 5.41. The summed E-state index contributed by atoms with van der Waals surface area (Å²) in [6.07, 6.45) is 4.76. The quantitative estimate of drug-likeness (QED) is 0.850. The van der Waals surface area contributed by atoms with Crippen molar-refractivity contribution in [3.05, 3.63) is 12.4 Å². The second kappa shape index (κ2) is 5.82. The molecule has 1 atom stereocenters. The first-order chi connectivity index (χ1) is 8.29. The van der Waals surface area contributed by atoms with Gasteiger partial charge in [-0.3, -0.25) is 0 Å². The maximum absolute atomic E-state index is 5.96. The summed E-state index contributed by atoms with van der Waals surface area (Å²) in [7, 11) is 0. The predicted molar refractivity (Wildman–Crippen MR) is 67.2 cm³/mol. The van der Waals surface area contributed by atoms with E-state index in [-0.39, 0.29) is 6.04 Å². The molecule has 1 fully saturated rings. The van der Waals surface area contributed by atoms with Crippen molar-refractivity contribution in [1.82, 2.24) is 9.97 Å². The molecule has 2 heterocycles. The average molecular weight is 236 g/mol. The zero-order valence-corrected chi connectivity index (χ0v) is 10.3. The zero-order chi connectivity index (χ0) is 12.1. The molecule has 1 aliphatic rings. The molecule has 1 aromatic heterocycles. The van der Waals surface area contributed by atoms with Crippen LogP contribution in [0.25, 0.3) is 0 Å². The van der Waals surface area contributed by atoms with E-state index < -0.39 is 0 Å². The van der Waals surface area contributed by atoms with E-state index in [0.29, 0.717) is 12.5 Å². The summed E-state index contributed by atoms with van der Waals surface area (Å²) in [6.45, 7) is 4.64. The van der Waals surface area contributed by atoms with Gasteiger partial charge in [0, 0.05) is 25.2 Å². The van der Waals surface area contributed by atoms with Crippen molar-refractivity contribution in [2.24, 2.45) is 5.73 Å². The number of anilines is 1. The third-order valence-corrected chi connectivity index (χ3v) is 2.86. The van der Waals surface area contributed by atoms with Crippen LogP contribution >= 0.6 is 0 Å². The van der Waals surface area contributed by atoms with Crippen LogP contribution < -0.4 is 15.4 Å². The molecule has 0 spiro atoms. The van der Waals surface area contributed by atoms with Crippen LogP contribution in [0.3, 0.4) is 0 Å². The molecule has 1 aliphatic heterocycles. The lowest BCUT2D eigenvalue weighted by Crippen LogP contribution is -2.43. The first-order valence-electron chi connectivity index (χ1n) is 6.25. The fourth-order valence-corrected chi connectivity index (χ4v) is 2.01. The summed E-state index contributed by atoms with van der Waals surface area (Å²) in [5.41, 5.74) is 5.96. The molecule has 1 aromatic rings. The van der Waals surface area contributed by atoms with Crippen molar-refractivity contribution in [3.8, 4) is 5.88 Å². The molecule has 2 N–H and O–H groups in total. The standard InChI is InChI=1S/C12H20N4O/c1-2-6-17-12-7-11(14-9-15-12)16-5-3-4-10(13)8-16/h7,9-10H,2-6,8,13H2,1H3. The van der Waals surface area contributed by atoms with Gasteiger partial charge in [-0.15, -0.1) is 0 Å². The second-order valence-electron chi connectivity index (χ2n) is 4.41. The smallest absolute Gasteiger partial charge is 0.218 e. The maximum Gasteiger partial charge on any atom is 0.218 e. The van der Waals surface area contributed by atoms with Crippen molar-refractivity contribution < 1.29 is 4.74 Å². The zero-order valence-electron chi connectivity index (χ0n) is 10.3. The third-order valence-electron chi connectivity index (χ3n) is 2.86. The van der Waals surface area contributed by atoms with Gasteiger partial charge in [0.05, 0.1) is 6.61 Å². The van der Waals surface area contributed by atoms with Crippen molar-refractivity contribution in [2.45, 2.75) is 32.2 Å². The highest BCUT2D eigenvalue weighted by atomic mass is 16.5. The van der Waals surface area contributed by atoms with E-state index in [9.17, 15) is 0 Å². The third kappa shape index (κ3) is 3.30. The summed E-state index contributed by atoms with van der Waals surface area (Å²) in [6, 6.07) is 2.15. The van der Waals surface area contributed by atoms with Gasteiger partial charge in [-0.1, -0.05) is 6.92 Å². The first-order valence-corrected chi connectivity index (χ1v) is 6.25. The van der Waals surface area contributed by atoms with E-state index >= 15 is 0 Å². The molecule has 0 amide bonds. The average Bonchev–Trinajstić information content (AvgIpc) is 2.37. The fourth-order valence-electron chi connectivity index (χ4n) is 2.01. The van der Waals surface area contributed by atoms with Crippen LogP contribution in [0, 0.1) is 0 Å². The Morgan fingerprint density at radius 1 is 1.53 bits per heavy atom. The number of piperidine rings is 1. The lowest BCUT2D eigenvalue weighted by atomic mass is 10.1. The Hall–Kier alpha value is -1.36. The second-order valence-corrected chi connectivity index (χ2v) is 4.41. The van der Waals surface area contributed by atoms with Gasteiger partial charge in [0.2, 0.25) is 5.88 Å². The maximum atomic E-state index is 5.96. The summed E-state index contributed by atoms with van der Waals surface area (Å²) in [5, 5.41) is 0. The Bertz CT molecular complexity index is 358. The Kier molecular flexibility index (Phi) is 4.14. The van der Waals surface area contributed by atoms with Crippen LogP contribution in [0.2, 0.25) is 0 Å². The Morgan fingerprint density at radius 2 is 2.41 bits per heavy atom. The molecule has 0 saturated carbocycles. The number of aromatic nitrogens is 2. The molecule has 1 saturated heterocycles. The molecule has 5 nitrogen and oxygen atoms in total. The van der Waals surface area contributed by atoms with Gasteiger partial charge in [0.15, 0.2) is 0 Å². The van der Waals surface area contributed by atoms with E-state index in [0.717, 1.165) is 38.2 Å². The van der Waals surface area contributed by atoms with Gasteiger partial charge >= 0.3 is 0 Å². The van der Waals surface area contributed by atoms with Crippen LogP contribution in [0.4, 0.5) is 5.82 Å². The monoisotopic (exact) mass is 236 g/mol. The van der Waals surface area contributed by atoms with Gasteiger partial charge < -0.3 is 15.4 Å². The number of rotatable bonds is 4. The Balaban J connectivity index is 2.04. The van der Waals surface area contributed by atoms with Gasteiger partial charge in [0.25, 0.3) is 0 Å². The Morgan fingerprint density at radius 3 is 3.18 bits per heavy atom. The number of nitrogens with two attached hydrogens (primary N) is 1. The van der Waals surface area contributed by atoms with Gasteiger partial charge in [-0.2, -0.15) is 0 Å². The number of hydrogen-bond donors (Lipinski definition) is 1. The van der Waals surface area contributed by atoms with Crippen molar-refractivity contribution in [3.63, 3.8) is 0 Å². The predicted octanol–water partition coefficient (Wildman–Crippen LogP) is 1.19. The van der Waals surface area contributed by atoms with Crippen LogP contribution in [-0.4, -0.2) is 35.7 Å². The normalized spacial score (nSPS) is 20.4. The molecule has 0 bridgehead atoms. The molecule has 17 heavy (non-hydrogen) atoms. The van der Waals surface area contributed by atoms with Crippen molar-refractivity contribution >= 4 is 5.82 Å². The molecule has 0 aromatic carbocycles. The van der Waals surface area contributed by atoms with Crippen LogP contribution in [0.5, 0.6) is 5.88 Å². The lowest BCUT2D eigenvalue weighted by molar-refractivity contribution is 0.304. The highest BCUT2D eigenvalue weighted by Crippen LogP contribution is 2.19. The topological polar surface area (TPSA) is 64.3 Å². The van der Waals surface area contributed by atoms with E-state index in [1.807, 2.05) is 6.07 Å². The summed E-state index contributed by atoms with van der Waals surface area (Å²) >= 11 is 0. The van der Waals surface area contributed by atoms with Crippen LogP contribution in [-0.2, 0) is 0 Å². The minimum Gasteiger partial charge on any atom is -0.478 e. The fraction of sp³-hybridized carbons (Fsp3) is 0.667. The number of nitrogens with zero attached hydrogens (tertiary/aromatic N) is 3. The van der Waals surface area contributed by atoms with E-state index in [2.05, 4.69) is 21.8 Å². The van der Waals surface area contributed by atoms with E-state index in [1.165, 1.54) is 0 Å². The van der Waals surface area contributed by atoms with Crippen molar-refractivity contribution in [2.75, 3.05) is 24.6 Å². The molecule has 2 rings (SSSR count). The van der Waals surface area contributed by atoms with E-state index in [4.69, 9.17) is 10.5 Å². The Labute approximate surface area is 102 Å². The molecular formula is C12H20N4O. The number of hydrogen-bond acceptors (Lipinski definition) is 5. The largest absolute Gasteiger partial charge is 0.478 e. The first kappa shape index (κ1) is 12.1. The van der Waals surface area contributed by atoms with Crippen molar-refractivity contribution in [1.29, 1.82) is 0 Å². The van der Waals surface area contributed by atoms with Gasteiger partial charge in [0.1, 0.15) is 12.1 Å². The SMILES string of the molecule is CCCOc1cc(N2CCCC(N)C2)ncn1. The summed E-state index contributed by atoms with van der Waals surface area (Å²) in [5.74, 6) is 1.57. The van der Waals surface area contributed by atoms with Gasteiger partial charge in [-0.05, 0) is 19.3 Å². The highest BCUT2D eigenvalue weighted by Gasteiger charge is 2.18. The molecule has 0 aliphatic carbocycles. The summed E-state index contributed by atoms with van der Waals surface area (Å²) < 4.78 is 5.50. The summed E-state index contributed by atoms with van der Waals surface area (Å²) in [4.78, 5) is 10.6. The lowest BCUT2D eigenvalue weighted by Gasteiger charge is -2.31. The molecule has 94 valence electrons.